The first-order chi connectivity index (χ1) is 10.5. The van der Waals surface area contributed by atoms with Crippen molar-refractivity contribution in [3.05, 3.63) is 29.3 Å². The van der Waals surface area contributed by atoms with Crippen LogP contribution in [0.4, 0.5) is 13.2 Å². The molecular weight excluding hydrogens is 333 g/mol. The average Bonchev–Trinajstić information content (AvgIpc) is 2.52. The zero-order chi connectivity index (χ0) is 16.2. The molecule has 132 valence electrons. The van der Waals surface area contributed by atoms with Crippen molar-refractivity contribution in [2.45, 2.75) is 18.6 Å². The highest BCUT2D eigenvalue weighted by atomic mass is 35.5. The van der Waals surface area contributed by atoms with Crippen LogP contribution >= 0.6 is 12.4 Å². The summed E-state index contributed by atoms with van der Waals surface area (Å²) in [7, 11) is 1.34. The van der Waals surface area contributed by atoms with Gasteiger partial charge in [0.1, 0.15) is 5.75 Å². The molecule has 1 aliphatic rings. The van der Waals surface area contributed by atoms with Crippen LogP contribution in [0.25, 0.3) is 0 Å². The Bertz CT molecular complexity index is 494. The van der Waals surface area contributed by atoms with E-state index in [-0.39, 0.29) is 36.7 Å². The first-order valence-corrected chi connectivity index (χ1v) is 7.28. The van der Waals surface area contributed by atoms with Gasteiger partial charge in [-0.3, -0.25) is 4.90 Å². The maximum Gasteiger partial charge on any atom is 0.416 e. The molecule has 2 rings (SSSR count). The van der Waals surface area contributed by atoms with Gasteiger partial charge in [-0.15, -0.1) is 12.4 Å². The molecule has 1 aromatic rings. The van der Waals surface area contributed by atoms with Gasteiger partial charge in [-0.05, 0) is 24.1 Å². The van der Waals surface area contributed by atoms with Gasteiger partial charge in [0.2, 0.25) is 0 Å². The molecule has 1 heterocycles. The Kier molecular flexibility index (Phi) is 7.60. The summed E-state index contributed by atoms with van der Waals surface area (Å²) in [6, 6.07) is 3.58. The van der Waals surface area contributed by atoms with E-state index in [9.17, 15) is 18.3 Å². The van der Waals surface area contributed by atoms with E-state index in [2.05, 4.69) is 5.32 Å². The van der Waals surface area contributed by atoms with Crippen LogP contribution in [0.5, 0.6) is 5.75 Å². The third-order valence-corrected chi connectivity index (χ3v) is 3.92. The second-order valence-electron chi connectivity index (χ2n) is 5.26. The maximum atomic E-state index is 13.4. The van der Waals surface area contributed by atoms with Crippen LogP contribution in [0.3, 0.4) is 0 Å². The summed E-state index contributed by atoms with van der Waals surface area (Å²) < 4.78 is 45.1. The highest BCUT2D eigenvalue weighted by Gasteiger charge is 2.37. The Morgan fingerprint density at radius 2 is 1.96 bits per heavy atom. The number of halogens is 4. The second-order valence-corrected chi connectivity index (χ2v) is 5.26. The number of hydrogen-bond donors (Lipinski definition) is 2. The Hall–Kier alpha value is -1.02. The Labute approximate surface area is 140 Å². The number of aliphatic hydroxyl groups is 1. The Morgan fingerprint density at radius 1 is 1.30 bits per heavy atom. The van der Waals surface area contributed by atoms with Gasteiger partial charge in [-0.25, -0.2) is 0 Å². The number of nitrogens with one attached hydrogen (secondary N) is 1. The molecule has 0 bridgehead atoms. The summed E-state index contributed by atoms with van der Waals surface area (Å²) in [5.41, 5.74) is -0.493. The normalized spacial score (nSPS) is 17.4. The van der Waals surface area contributed by atoms with Crippen molar-refractivity contribution >= 4 is 12.4 Å². The van der Waals surface area contributed by atoms with Gasteiger partial charge in [0.25, 0.3) is 0 Å². The summed E-state index contributed by atoms with van der Waals surface area (Å²) in [4.78, 5) is 1.99. The number of alkyl halides is 3. The fraction of sp³-hybridized carbons (Fsp3) is 0.600. The van der Waals surface area contributed by atoms with Crippen LogP contribution in [0, 0.1) is 0 Å². The second kappa shape index (κ2) is 8.73. The number of hydrogen-bond acceptors (Lipinski definition) is 4. The van der Waals surface area contributed by atoms with Crippen molar-refractivity contribution in [2.24, 2.45) is 0 Å². The lowest BCUT2D eigenvalue weighted by Crippen LogP contribution is -2.45. The molecule has 1 fully saturated rings. The molecule has 1 saturated heterocycles. The molecule has 8 heteroatoms. The van der Waals surface area contributed by atoms with Crippen LogP contribution in [-0.2, 0) is 6.18 Å². The van der Waals surface area contributed by atoms with E-state index in [0.29, 0.717) is 13.1 Å². The van der Waals surface area contributed by atoms with Gasteiger partial charge in [0.05, 0.1) is 12.7 Å². The molecule has 4 nitrogen and oxygen atoms in total. The smallest absolute Gasteiger partial charge is 0.416 e. The number of methoxy groups -OCH3 is 1. The standard InChI is InChI=1S/C15H21F3N2O2.ClH/c1-22-11-2-3-12(13(10-11)15(16,17)18)14(4-9-21)20-7-5-19-6-8-20;/h2-3,10,14,19,21H,4-9H2,1H3;1H/t14-;/m0./s1. The average molecular weight is 355 g/mol. The summed E-state index contributed by atoms with van der Waals surface area (Å²) >= 11 is 0. The quantitative estimate of drug-likeness (QED) is 0.852. The summed E-state index contributed by atoms with van der Waals surface area (Å²) in [5.74, 6) is 0.180. The highest BCUT2D eigenvalue weighted by Crippen LogP contribution is 2.39. The largest absolute Gasteiger partial charge is 0.497 e. The highest BCUT2D eigenvalue weighted by molar-refractivity contribution is 5.85. The third kappa shape index (κ3) is 4.97. The molecular formula is C15H22ClF3N2O2. The first-order valence-electron chi connectivity index (χ1n) is 7.28. The lowest BCUT2D eigenvalue weighted by atomic mass is 9.95. The molecule has 23 heavy (non-hydrogen) atoms. The maximum absolute atomic E-state index is 13.4. The number of aliphatic hydroxyl groups excluding tert-OH is 1. The van der Waals surface area contributed by atoms with E-state index >= 15 is 0 Å². The molecule has 0 saturated carbocycles. The molecule has 0 aromatic heterocycles. The minimum Gasteiger partial charge on any atom is -0.497 e. The number of ether oxygens (including phenoxy) is 1. The van der Waals surface area contributed by atoms with E-state index in [0.717, 1.165) is 19.2 Å². The molecule has 1 aliphatic heterocycles. The predicted molar refractivity (Wildman–Crippen MR) is 84.1 cm³/mol. The van der Waals surface area contributed by atoms with Gasteiger partial charge in [-0.1, -0.05) is 6.07 Å². The van der Waals surface area contributed by atoms with Crippen molar-refractivity contribution in [1.82, 2.24) is 10.2 Å². The Balaban J connectivity index is 0.00000264. The van der Waals surface area contributed by atoms with E-state index in [1.165, 1.54) is 19.2 Å². The number of benzene rings is 1. The molecule has 0 aliphatic carbocycles. The van der Waals surface area contributed by atoms with Crippen LogP contribution < -0.4 is 10.1 Å². The summed E-state index contributed by atoms with van der Waals surface area (Å²) in [6.07, 6.45) is -4.18. The topological polar surface area (TPSA) is 44.7 Å². The minimum atomic E-state index is -4.45. The van der Waals surface area contributed by atoms with E-state index < -0.39 is 17.8 Å². The fourth-order valence-corrected chi connectivity index (χ4v) is 2.85. The van der Waals surface area contributed by atoms with E-state index in [4.69, 9.17) is 4.74 Å². The summed E-state index contributed by atoms with van der Waals surface area (Å²) in [5, 5.41) is 12.5. The number of rotatable bonds is 5. The number of piperazine rings is 1. The van der Waals surface area contributed by atoms with Crippen molar-refractivity contribution in [3.63, 3.8) is 0 Å². The van der Waals surface area contributed by atoms with Gasteiger partial charge < -0.3 is 15.2 Å². The van der Waals surface area contributed by atoms with Crippen molar-refractivity contribution in [2.75, 3.05) is 39.9 Å². The molecule has 1 atom stereocenters. The molecule has 0 amide bonds. The lowest BCUT2D eigenvalue weighted by molar-refractivity contribution is -0.139. The van der Waals surface area contributed by atoms with Gasteiger partial charge >= 0.3 is 6.18 Å². The third-order valence-electron chi connectivity index (χ3n) is 3.92. The minimum absolute atomic E-state index is 0. The summed E-state index contributed by atoms with van der Waals surface area (Å²) in [6.45, 7) is 2.64. The molecule has 0 unspecified atom stereocenters. The van der Waals surface area contributed by atoms with E-state index in [1.807, 2.05) is 4.90 Å². The van der Waals surface area contributed by atoms with Gasteiger partial charge in [-0.2, -0.15) is 13.2 Å². The van der Waals surface area contributed by atoms with Crippen LogP contribution in [0.1, 0.15) is 23.6 Å². The first kappa shape index (κ1) is 20.0. The van der Waals surface area contributed by atoms with Crippen molar-refractivity contribution < 1.29 is 23.0 Å². The van der Waals surface area contributed by atoms with E-state index in [1.54, 1.807) is 0 Å². The lowest BCUT2D eigenvalue weighted by Gasteiger charge is -2.36. The van der Waals surface area contributed by atoms with Crippen molar-refractivity contribution in [1.29, 1.82) is 0 Å². The molecule has 0 radical (unpaired) electrons. The van der Waals surface area contributed by atoms with Crippen LogP contribution in [-0.4, -0.2) is 49.9 Å². The van der Waals surface area contributed by atoms with Gasteiger partial charge in [0.15, 0.2) is 0 Å². The predicted octanol–water partition coefficient (Wildman–Crippen LogP) is 2.46. The SMILES string of the molecule is COc1ccc([C@H](CCO)N2CCNCC2)c(C(F)(F)F)c1.Cl. The zero-order valence-electron chi connectivity index (χ0n) is 12.9. The monoisotopic (exact) mass is 354 g/mol. The Morgan fingerprint density at radius 3 is 2.48 bits per heavy atom. The fourth-order valence-electron chi connectivity index (χ4n) is 2.85. The number of nitrogens with zero attached hydrogens (tertiary/aromatic N) is 1. The van der Waals surface area contributed by atoms with Crippen LogP contribution in [0.15, 0.2) is 18.2 Å². The van der Waals surface area contributed by atoms with Crippen molar-refractivity contribution in [3.8, 4) is 5.75 Å². The molecule has 0 spiro atoms. The zero-order valence-corrected chi connectivity index (χ0v) is 13.7. The molecule has 2 N–H and O–H groups in total. The van der Waals surface area contributed by atoms with Gasteiger partial charge in [0, 0.05) is 38.8 Å². The molecule has 1 aromatic carbocycles. The van der Waals surface area contributed by atoms with Crippen LogP contribution in [0.2, 0.25) is 0 Å².